The molecular weight excluding hydrogens is 188 g/mol. The molecule has 4 nitrogen and oxygen atoms in total. The van der Waals surface area contributed by atoms with Crippen molar-refractivity contribution in [2.24, 2.45) is 0 Å². The van der Waals surface area contributed by atoms with Gasteiger partial charge < -0.3 is 14.8 Å². The molecule has 0 aliphatic carbocycles. The zero-order chi connectivity index (χ0) is 10.5. The number of likely N-dealkylation sites (tertiary alicyclic amines) is 1. The van der Waals surface area contributed by atoms with Crippen LogP contribution in [0.15, 0.2) is 12.4 Å². The first-order valence-electron chi connectivity index (χ1n) is 5.81. The summed E-state index contributed by atoms with van der Waals surface area (Å²) in [6.45, 7) is 4.87. The Morgan fingerprint density at radius 3 is 2.87 bits per heavy atom. The van der Waals surface area contributed by atoms with E-state index in [0.29, 0.717) is 0 Å². The fraction of sp³-hybridized carbons (Fsp3) is 0.727. The highest BCUT2D eigenvalue weighted by Crippen LogP contribution is 2.09. The molecular formula is C11H20N4. The fourth-order valence-corrected chi connectivity index (χ4v) is 2.19. The number of nitrogens with zero attached hydrogens (tertiary/aromatic N) is 3. The second-order valence-electron chi connectivity index (χ2n) is 4.10. The average molecular weight is 208 g/mol. The van der Waals surface area contributed by atoms with Crippen molar-refractivity contribution in [2.75, 3.05) is 32.0 Å². The van der Waals surface area contributed by atoms with Gasteiger partial charge in [0.25, 0.3) is 0 Å². The highest BCUT2D eigenvalue weighted by Gasteiger charge is 2.10. The van der Waals surface area contributed by atoms with Crippen molar-refractivity contribution >= 4 is 5.95 Å². The van der Waals surface area contributed by atoms with Crippen LogP contribution in [0.2, 0.25) is 0 Å². The Morgan fingerprint density at radius 1 is 1.33 bits per heavy atom. The minimum Gasteiger partial charge on any atom is -0.359 e. The van der Waals surface area contributed by atoms with Crippen LogP contribution in [-0.4, -0.2) is 41.1 Å². The van der Waals surface area contributed by atoms with E-state index < -0.39 is 0 Å². The zero-order valence-corrected chi connectivity index (χ0v) is 9.45. The van der Waals surface area contributed by atoms with Crippen molar-refractivity contribution in [3.05, 3.63) is 12.4 Å². The molecule has 0 radical (unpaired) electrons. The average Bonchev–Trinajstić information content (AvgIpc) is 2.88. The van der Waals surface area contributed by atoms with Gasteiger partial charge in [-0.25, -0.2) is 4.98 Å². The van der Waals surface area contributed by atoms with E-state index in [-0.39, 0.29) is 0 Å². The molecule has 1 aromatic heterocycles. The summed E-state index contributed by atoms with van der Waals surface area (Å²) in [6, 6.07) is 0. The molecule has 0 bridgehead atoms. The SMILES string of the molecule is CNc1nccn1CCCN1CCCC1. The summed E-state index contributed by atoms with van der Waals surface area (Å²) >= 11 is 0. The number of hydrogen-bond acceptors (Lipinski definition) is 3. The smallest absolute Gasteiger partial charge is 0.202 e. The van der Waals surface area contributed by atoms with Crippen LogP contribution in [0.4, 0.5) is 5.95 Å². The molecule has 2 heterocycles. The Balaban J connectivity index is 1.73. The van der Waals surface area contributed by atoms with Crippen molar-refractivity contribution in [1.29, 1.82) is 0 Å². The minimum atomic E-state index is 0.969. The fourth-order valence-electron chi connectivity index (χ4n) is 2.19. The number of aryl methyl sites for hydroxylation is 1. The number of rotatable bonds is 5. The van der Waals surface area contributed by atoms with Crippen molar-refractivity contribution in [2.45, 2.75) is 25.8 Å². The Bertz CT molecular complexity index is 289. The molecule has 0 saturated carbocycles. The molecule has 0 aromatic carbocycles. The van der Waals surface area contributed by atoms with Gasteiger partial charge in [-0.1, -0.05) is 0 Å². The van der Waals surface area contributed by atoms with Crippen LogP contribution in [0.25, 0.3) is 0 Å². The summed E-state index contributed by atoms with van der Waals surface area (Å²) in [5.74, 6) is 0.969. The van der Waals surface area contributed by atoms with Crippen LogP contribution in [0, 0.1) is 0 Å². The first-order valence-corrected chi connectivity index (χ1v) is 5.81. The summed E-state index contributed by atoms with van der Waals surface area (Å²) < 4.78 is 2.18. The molecule has 2 rings (SSSR count). The molecule has 1 aliphatic rings. The highest BCUT2D eigenvalue weighted by atomic mass is 15.2. The third-order valence-electron chi connectivity index (χ3n) is 3.01. The van der Waals surface area contributed by atoms with Gasteiger partial charge in [0.1, 0.15) is 0 Å². The number of nitrogens with one attached hydrogen (secondary N) is 1. The second kappa shape index (κ2) is 5.16. The van der Waals surface area contributed by atoms with Gasteiger partial charge in [-0.2, -0.15) is 0 Å². The van der Waals surface area contributed by atoms with E-state index in [4.69, 9.17) is 0 Å². The standard InChI is InChI=1S/C11H20N4/c1-12-11-13-5-10-15(11)9-4-8-14-6-2-3-7-14/h5,10H,2-4,6-9H2,1H3,(H,12,13). The normalized spacial score (nSPS) is 17.1. The molecule has 0 atom stereocenters. The van der Waals surface area contributed by atoms with E-state index in [2.05, 4.69) is 19.8 Å². The highest BCUT2D eigenvalue weighted by molar-refractivity contribution is 5.23. The third kappa shape index (κ3) is 2.72. The van der Waals surface area contributed by atoms with Crippen LogP contribution in [0.1, 0.15) is 19.3 Å². The van der Waals surface area contributed by atoms with Gasteiger partial charge in [0.05, 0.1) is 0 Å². The first-order chi connectivity index (χ1) is 7.40. The van der Waals surface area contributed by atoms with Gasteiger partial charge in [0, 0.05) is 26.0 Å². The van der Waals surface area contributed by atoms with E-state index in [1.54, 1.807) is 0 Å². The van der Waals surface area contributed by atoms with Gasteiger partial charge in [-0.3, -0.25) is 0 Å². The van der Waals surface area contributed by atoms with Crippen LogP contribution in [-0.2, 0) is 6.54 Å². The van der Waals surface area contributed by atoms with Crippen molar-refractivity contribution < 1.29 is 0 Å². The molecule has 1 N–H and O–H groups in total. The van der Waals surface area contributed by atoms with E-state index in [1.165, 1.54) is 38.9 Å². The van der Waals surface area contributed by atoms with Gasteiger partial charge in [0.2, 0.25) is 5.95 Å². The summed E-state index contributed by atoms with van der Waals surface area (Å²) in [5.41, 5.74) is 0. The molecule has 0 amide bonds. The molecule has 1 aliphatic heterocycles. The second-order valence-corrected chi connectivity index (χ2v) is 4.10. The predicted molar refractivity (Wildman–Crippen MR) is 62.1 cm³/mol. The summed E-state index contributed by atoms with van der Waals surface area (Å²) in [5, 5.41) is 3.09. The molecule has 4 heteroatoms. The molecule has 1 saturated heterocycles. The van der Waals surface area contributed by atoms with Gasteiger partial charge in [-0.15, -0.1) is 0 Å². The molecule has 0 spiro atoms. The van der Waals surface area contributed by atoms with Crippen LogP contribution in [0.5, 0.6) is 0 Å². The number of anilines is 1. The van der Waals surface area contributed by atoms with Gasteiger partial charge in [0.15, 0.2) is 0 Å². The van der Waals surface area contributed by atoms with Gasteiger partial charge in [-0.05, 0) is 38.9 Å². The van der Waals surface area contributed by atoms with Crippen molar-refractivity contribution in [1.82, 2.24) is 14.5 Å². The molecule has 84 valence electrons. The van der Waals surface area contributed by atoms with E-state index >= 15 is 0 Å². The van der Waals surface area contributed by atoms with Crippen LogP contribution >= 0.6 is 0 Å². The first kappa shape index (κ1) is 10.5. The Morgan fingerprint density at radius 2 is 2.13 bits per heavy atom. The summed E-state index contributed by atoms with van der Waals surface area (Å²) in [4.78, 5) is 6.77. The van der Waals surface area contributed by atoms with Crippen LogP contribution in [0.3, 0.4) is 0 Å². The van der Waals surface area contributed by atoms with E-state index in [9.17, 15) is 0 Å². The molecule has 1 aromatic rings. The topological polar surface area (TPSA) is 33.1 Å². The van der Waals surface area contributed by atoms with Crippen molar-refractivity contribution in [3.8, 4) is 0 Å². The Labute approximate surface area is 91.3 Å². The number of hydrogen-bond donors (Lipinski definition) is 1. The Hall–Kier alpha value is -1.03. The predicted octanol–water partition coefficient (Wildman–Crippen LogP) is 1.41. The maximum atomic E-state index is 4.22. The lowest BCUT2D eigenvalue weighted by Crippen LogP contribution is -2.21. The summed E-state index contributed by atoms with van der Waals surface area (Å²) in [7, 11) is 1.92. The largest absolute Gasteiger partial charge is 0.359 e. The third-order valence-corrected chi connectivity index (χ3v) is 3.01. The molecule has 0 unspecified atom stereocenters. The maximum absolute atomic E-state index is 4.22. The quantitative estimate of drug-likeness (QED) is 0.794. The molecule has 15 heavy (non-hydrogen) atoms. The van der Waals surface area contributed by atoms with Crippen LogP contribution < -0.4 is 5.32 Å². The number of aromatic nitrogens is 2. The maximum Gasteiger partial charge on any atom is 0.202 e. The van der Waals surface area contributed by atoms with Crippen molar-refractivity contribution in [3.63, 3.8) is 0 Å². The minimum absolute atomic E-state index is 0.969. The monoisotopic (exact) mass is 208 g/mol. The zero-order valence-electron chi connectivity index (χ0n) is 9.45. The summed E-state index contributed by atoms with van der Waals surface area (Å²) in [6.07, 6.45) is 7.86. The van der Waals surface area contributed by atoms with Gasteiger partial charge >= 0.3 is 0 Å². The lowest BCUT2D eigenvalue weighted by atomic mass is 10.4. The van der Waals surface area contributed by atoms with E-state index in [0.717, 1.165) is 12.5 Å². The van der Waals surface area contributed by atoms with E-state index in [1.807, 2.05) is 19.4 Å². The lowest BCUT2D eigenvalue weighted by molar-refractivity contribution is 0.325. The number of imidazole rings is 1. The Kier molecular flexibility index (Phi) is 3.61. The lowest BCUT2D eigenvalue weighted by Gasteiger charge is -2.14. The molecule has 1 fully saturated rings.